The van der Waals surface area contributed by atoms with Crippen molar-refractivity contribution in [2.75, 3.05) is 0 Å². The minimum atomic E-state index is -3.49. The van der Waals surface area contributed by atoms with Crippen molar-refractivity contribution < 1.29 is 17.6 Å². The molecule has 6 heteroatoms. The molecule has 1 amide bonds. The van der Waals surface area contributed by atoms with E-state index in [0.29, 0.717) is 0 Å². The van der Waals surface area contributed by atoms with E-state index in [9.17, 15) is 13.2 Å². The van der Waals surface area contributed by atoms with Crippen LogP contribution in [0.4, 0.5) is 0 Å². The van der Waals surface area contributed by atoms with Gasteiger partial charge in [0.2, 0.25) is 0 Å². The Morgan fingerprint density at radius 2 is 1.73 bits per heavy atom. The zero-order valence-corrected chi connectivity index (χ0v) is 13.6. The topological polar surface area (TPSA) is 76.4 Å². The van der Waals surface area contributed by atoms with E-state index in [1.54, 1.807) is 18.2 Å². The van der Waals surface area contributed by atoms with Crippen LogP contribution in [-0.4, -0.2) is 19.9 Å². The SMILES string of the molecule is CC(C)(C)NC(=O)c1ccc(CS(=O)(=O)c2ccccc2)o1. The average Bonchev–Trinajstić information content (AvgIpc) is 2.86. The third-order valence-corrected chi connectivity index (χ3v) is 4.46. The predicted octanol–water partition coefficient (Wildman–Crippen LogP) is 2.78. The van der Waals surface area contributed by atoms with Crippen LogP contribution in [0.25, 0.3) is 0 Å². The van der Waals surface area contributed by atoms with Crippen LogP contribution in [0.1, 0.15) is 37.1 Å². The quantitative estimate of drug-likeness (QED) is 0.939. The fraction of sp³-hybridized carbons (Fsp3) is 0.312. The number of benzene rings is 1. The van der Waals surface area contributed by atoms with E-state index in [1.807, 2.05) is 20.8 Å². The Morgan fingerprint density at radius 1 is 1.09 bits per heavy atom. The normalized spacial score (nSPS) is 12.1. The summed E-state index contributed by atoms with van der Waals surface area (Å²) >= 11 is 0. The molecule has 0 saturated carbocycles. The Kier molecular flexibility index (Phi) is 4.42. The number of carbonyl (C=O) groups is 1. The molecule has 1 aromatic carbocycles. The number of rotatable bonds is 4. The first kappa shape index (κ1) is 16.3. The maximum atomic E-state index is 12.2. The summed E-state index contributed by atoms with van der Waals surface area (Å²) in [5.41, 5.74) is -0.389. The molecular weight excluding hydrogens is 302 g/mol. The lowest BCUT2D eigenvalue weighted by molar-refractivity contribution is 0.0889. The number of sulfone groups is 1. The van der Waals surface area contributed by atoms with Gasteiger partial charge in [-0.2, -0.15) is 0 Å². The number of carbonyl (C=O) groups excluding carboxylic acids is 1. The number of amides is 1. The molecule has 1 heterocycles. The molecule has 2 aromatic rings. The Hall–Kier alpha value is -2.08. The van der Waals surface area contributed by atoms with Crippen molar-refractivity contribution in [3.05, 3.63) is 54.0 Å². The number of furan rings is 1. The van der Waals surface area contributed by atoms with Gasteiger partial charge in [0.15, 0.2) is 15.6 Å². The summed E-state index contributed by atoms with van der Waals surface area (Å²) in [4.78, 5) is 12.2. The molecule has 118 valence electrons. The van der Waals surface area contributed by atoms with E-state index in [-0.39, 0.29) is 33.6 Å². The van der Waals surface area contributed by atoms with Crippen molar-refractivity contribution >= 4 is 15.7 Å². The van der Waals surface area contributed by atoms with E-state index in [1.165, 1.54) is 24.3 Å². The van der Waals surface area contributed by atoms with Crippen molar-refractivity contribution in [3.8, 4) is 0 Å². The molecule has 0 radical (unpaired) electrons. The van der Waals surface area contributed by atoms with Crippen molar-refractivity contribution in [1.82, 2.24) is 5.32 Å². The first-order chi connectivity index (χ1) is 10.2. The zero-order chi connectivity index (χ0) is 16.4. The smallest absolute Gasteiger partial charge is 0.287 e. The average molecular weight is 321 g/mol. The summed E-state index contributed by atoms with van der Waals surface area (Å²) in [6, 6.07) is 11.1. The van der Waals surface area contributed by atoms with Gasteiger partial charge < -0.3 is 9.73 Å². The monoisotopic (exact) mass is 321 g/mol. The summed E-state index contributed by atoms with van der Waals surface area (Å²) < 4.78 is 29.9. The second-order valence-electron chi connectivity index (χ2n) is 6.04. The second kappa shape index (κ2) is 5.96. The molecule has 0 spiro atoms. The van der Waals surface area contributed by atoms with E-state index in [4.69, 9.17) is 4.42 Å². The zero-order valence-electron chi connectivity index (χ0n) is 12.8. The van der Waals surface area contributed by atoms with Crippen molar-refractivity contribution in [3.63, 3.8) is 0 Å². The molecule has 0 atom stereocenters. The van der Waals surface area contributed by atoms with E-state index in [2.05, 4.69) is 5.32 Å². The van der Waals surface area contributed by atoms with Gasteiger partial charge in [0.05, 0.1) is 4.90 Å². The minimum Gasteiger partial charge on any atom is -0.455 e. The third kappa shape index (κ3) is 4.21. The summed E-state index contributed by atoms with van der Waals surface area (Å²) in [6.07, 6.45) is 0. The molecule has 0 saturated heterocycles. The first-order valence-corrected chi connectivity index (χ1v) is 8.52. The van der Waals surface area contributed by atoms with Crippen molar-refractivity contribution in [1.29, 1.82) is 0 Å². The lowest BCUT2D eigenvalue weighted by Gasteiger charge is -2.19. The van der Waals surface area contributed by atoms with E-state index in [0.717, 1.165) is 0 Å². The van der Waals surface area contributed by atoms with Gasteiger partial charge in [-0.25, -0.2) is 8.42 Å². The van der Waals surface area contributed by atoms with Crippen LogP contribution in [0.5, 0.6) is 0 Å². The minimum absolute atomic E-state index is 0.105. The van der Waals surface area contributed by atoms with Gasteiger partial charge in [-0.05, 0) is 45.0 Å². The maximum Gasteiger partial charge on any atom is 0.287 e. The standard InChI is InChI=1S/C16H19NO4S/c1-16(2,3)17-15(18)14-10-9-12(21-14)11-22(19,20)13-7-5-4-6-8-13/h4-10H,11H2,1-3H3,(H,17,18). The molecule has 5 nitrogen and oxygen atoms in total. The molecule has 0 aliphatic heterocycles. The Morgan fingerprint density at radius 3 is 2.32 bits per heavy atom. The van der Waals surface area contributed by atoms with Crippen LogP contribution in [0, 0.1) is 0 Å². The molecule has 22 heavy (non-hydrogen) atoms. The van der Waals surface area contributed by atoms with Crippen LogP contribution in [0.3, 0.4) is 0 Å². The summed E-state index contributed by atoms with van der Waals surface area (Å²) in [5, 5.41) is 2.76. The molecule has 0 aliphatic rings. The third-order valence-electron chi connectivity index (χ3n) is 2.81. The van der Waals surface area contributed by atoms with Gasteiger partial charge in [0.1, 0.15) is 11.5 Å². The van der Waals surface area contributed by atoms with Gasteiger partial charge in [-0.1, -0.05) is 18.2 Å². The summed E-state index contributed by atoms with van der Waals surface area (Å²) in [7, 11) is -3.49. The predicted molar refractivity (Wildman–Crippen MR) is 83.3 cm³/mol. The molecule has 0 unspecified atom stereocenters. The number of hydrogen-bond donors (Lipinski definition) is 1. The highest BCUT2D eigenvalue weighted by molar-refractivity contribution is 7.90. The lowest BCUT2D eigenvalue weighted by Crippen LogP contribution is -2.40. The molecule has 0 aliphatic carbocycles. The summed E-state index contributed by atoms with van der Waals surface area (Å²) in [6.45, 7) is 5.57. The molecule has 1 N–H and O–H groups in total. The fourth-order valence-corrected chi connectivity index (χ4v) is 3.15. The highest BCUT2D eigenvalue weighted by Gasteiger charge is 2.21. The first-order valence-electron chi connectivity index (χ1n) is 6.86. The molecule has 2 rings (SSSR count). The van der Waals surface area contributed by atoms with Crippen LogP contribution in [-0.2, 0) is 15.6 Å². The summed E-state index contributed by atoms with van der Waals surface area (Å²) in [5.74, 6) is -0.299. The Labute approximate surface area is 130 Å². The number of hydrogen-bond acceptors (Lipinski definition) is 4. The van der Waals surface area contributed by atoms with Crippen LogP contribution >= 0.6 is 0 Å². The second-order valence-corrected chi connectivity index (χ2v) is 8.03. The largest absolute Gasteiger partial charge is 0.455 e. The van der Waals surface area contributed by atoms with Crippen LogP contribution in [0.2, 0.25) is 0 Å². The molecular formula is C16H19NO4S. The highest BCUT2D eigenvalue weighted by Crippen LogP contribution is 2.18. The Balaban J connectivity index is 2.14. The maximum absolute atomic E-state index is 12.2. The van der Waals surface area contributed by atoms with Crippen molar-refractivity contribution in [2.24, 2.45) is 0 Å². The molecule has 0 fully saturated rings. The van der Waals surface area contributed by atoms with Crippen molar-refractivity contribution in [2.45, 2.75) is 37.0 Å². The van der Waals surface area contributed by atoms with Gasteiger partial charge in [0.25, 0.3) is 5.91 Å². The molecule has 0 bridgehead atoms. The van der Waals surface area contributed by atoms with Gasteiger partial charge in [-0.3, -0.25) is 4.79 Å². The fourth-order valence-electron chi connectivity index (χ4n) is 1.88. The van der Waals surface area contributed by atoms with Gasteiger partial charge in [-0.15, -0.1) is 0 Å². The Bertz CT molecular complexity index is 755. The highest BCUT2D eigenvalue weighted by atomic mass is 32.2. The lowest BCUT2D eigenvalue weighted by atomic mass is 10.1. The van der Waals surface area contributed by atoms with E-state index < -0.39 is 9.84 Å². The van der Waals surface area contributed by atoms with E-state index >= 15 is 0 Å². The van der Waals surface area contributed by atoms with Crippen LogP contribution in [0.15, 0.2) is 51.8 Å². The number of nitrogens with one attached hydrogen (secondary N) is 1. The van der Waals surface area contributed by atoms with Gasteiger partial charge >= 0.3 is 0 Å². The van der Waals surface area contributed by atoms with Crippen LogP contribution < -0.4 is 5.32 Å². The van der Waals surface area contributed by atoms with Gasteiger partial charge in [0, 0.05) is 5.54 Å². The molecule has 1 aromatic heterocycles.